The number of esters is 1. The summed E-state index contributed by atoms with van der Waals surface area (Å²) in [6.45, 7) is 9.99. The molecular formula is C23H29NO5. The summed E-state index contributed by atoms with van der Waals surface area (Å²) in [4.78, 5) is 25.0. The van der Waals surface area contributed by atoms with E-state index in [1.807, 2.05) is 45.9 Å². The molecule has 0 unspecified atom stereocenters. The van der Waals surface area contributed by atoms with Crippen LogP contribution in [0.4, 0.5) is 5.69 Å². The van der Waals surface area contributed by atoms with E-state index in [2.05, 4.69) is 5.32 Å². The Morgan fingerprint density at radius 3 is 2.24 bits per heavy atom. The molecule has 1 atom stereocenters. The molecular weight excluding hydrogens is 370 g/mol. The summed E-state index contributed by atoms with van der Waals surface area (Å²) in [5, 5.41) is 2.83. The van der Waals surface area contributed by atoms with E-state index in [0.717, 1.165) is 16.8 Å². The first kappa shape index (κ1) is 22.3. The van der Waals surface area contributed by atoms with E-state index in [1.165, 1.54) is 14.0 Å². The lowest BCUT2D eigenvalue weighted by atomic mass is 10.1. The number of carbonyl (C=O) groups excluding carboxylic acids is 2. The van der Waals surface area contributed by atoms with Gasteiger partial charge in [-0.25, -0.2) is 4.79 Å². The molecule has 6 nitrogen and oxygen atoms in total. The van der Waals surface area contributed by atoms with Gasteiger partial charge in [-0.05, 0) is 56.0 Å². The molecule has 29 heavy (non-hydrogen) atoms. The fourth-order valence-corrected chi connectivity index (χ4v) is 2.69. The Morgan fingerprint density at radius 2 is 1.66 bits per heavy atom. The zero-order valence-corrected chi connectivity index (χ0v) is 17.9. The van der Waals surface area contributed by atoms with Crippen molar-refractivity contribution in [1.82, 2.24) is 0 Å². The lowest BCUT2D eigenvalue weighted by molar-refractivity contribution is -0.123. The SMILES string of the molecule is COc1cc(C(=O)O[C@@H](C)C(=O)Nc2c(C)cccc2C)ccc1OCC(C)C. The fourth-order valence-electron chi connectivity index (χ4n) is 2.69. The minimum Gasteiger partial charge on any atom is -0.493 e. The van der Waals surface area contributed by atoms with Crippen molar-refractivity contribution in [3.8, 4) is 11.5 Å². The minimum absolute atomic E-state index is 0.283. The van der Waals surface area contributed by atoms with Gasteiger partial charge >= 0.3 is 5.97 Å². The van der Waals surface area contributed by atoms with Crippen LogP contribution in [0, 0.1) is 19.8 Å². The largest absolute Gasteiger partial charge is 0.493 e. The Bertz CT molecular complexity index is 855. The van der Waals surface area contributed by atoms with Crippen LogP contribution in [-0.4, -0.2) is 31.7 Å². The van der Waals surface area contributed by atoms with Crippen molar-refractivity contribution in [3.05, 3.63) is 53.1 Å². The summed E-state index contributed by atoms with van der Waals surface area (Å²) >= 11 is 0. The summed E-state index contributed by atoms with van der Waals surface area (Å²) in [6.07, 6.45) is -0.954. The van der Waals surface area contributed by atoms with Crippen LogP contribution in [0.2, 0.25) is 0 Å². The van der Waals surface area contributed by atoms with Crippen LogP contribution in [-0.2, 0) is 9.53 Å². The van der Waals surface area contributed by atoms with E-state index >= 15 is 0 Å². The summed E-state index contributed by atoms with van der Waals surface area (Å²) in [6, 6.07) is 10.6. The van der Waals surface area contributed by atoms with Gasteiger partial charge < -0.3 is 19.5 Å². The monoisotopic (exact) mass is 399 g/mol. The molecule has 0 bridgehead atoms. The number of nitrogens with one attached hydrogen (secondary N) is 1. The maximum Gasteiger partial charge on any atom is 0.339 e. The van der Waals surface area contributed by atoms with Crippen molar-refractivity contribution >= 4 is 17.6 Å². The maximum absolute atomic E-state index is 12.5. The van der Waals surface area contributed by atoms with E-state index in [9.17, 15) is 9.59 Å². The van der Waals surface area contributed by atoms with Gasteiger partial charge in [0.15, 0.2) is 17.6 Å². The van der Waals surface area contributed by atoms with E-state index in [1.54, 1.807) is 18.2 Å². The summed E-state index contributed by atoms with van der Waals surface area (Å²) in [5.41, 5.74) is 2.90. The topological polar surface area (TPSA) is 73.9 Å². The molecule has 2 aromatic rings. The standard InChI is InChI=1S/C23H29NO5/c1-14(2)13-28-19-11-10-18(12-20(19)27-6)23(26)29-17(5)22(25)24-21-15(3)8-7-9-16(21)4/h7-12,14,17H,13H2,1-6H3,(H,24,25)/t17-/m0/s1. The molecule has 0 aliphatic rings. The summed E-state index contributed by atoms with van der Waals surface area (Å²) in [7, 11) is 1.51. The number of aryl methyl sites for hydroxylation is 2. The van der Waals surface area contributed by atoms with Crippen LogP contribution >= 0.6 is 0 Å². The molecule has 6 heteroatoms. The normalized spacial score (nSPS) is 11.7. The highest BCUT2D eigenvalue weighted by Gasteiger charge is 2.21. The Hall–Kier alpha value is -3.02. The molecule has 1 amide bonds. The zero-order valence-electron chi connectivity index (χ0n) is 17.9. The van der Waals surface area contributed by atoms with Crippen molar-refractivity contribution in [2.45, 2.75) is 40.7 Å². The molecule has 0 spiro atoms. The van der Waals surface area contributed by atoms with Gasteiger partial charge in [0.05, 0.1) is 19.3 Å². The van der Waals surface area contributed by atoms with Crippen LogP contribution in [0.5, 0.6) is 11.5 Å². The second-order valence-electron chi connectivity index (χ2n) is 7.37. The van der Waals surface area contributed by atoms with Gasteiger partial charge in [-0.3, -0.25) is 4.79 Å². The number of benzene rings is 2. The Balaban J connectivity index is 2.05. The smallest absolute Gasteiger partial charge is 0.339 e. The van der Waals surface area contributed by atoms with Crippen molar-refractivity contribution < 1.29 is 23.8 Å². The zero-order chi connectivity index (χ0) is 21.6. The number of hydrogen-bond acceptors (Lipinski definition) is 5. The van der Waals surface area contributed by atoms with Crippen molar-refractivity contribution in [1.29, 1.82) is 0 Å². The number of ether oxygens (including phenoxy) is 3. The molecule has 0 saturated heterocycles. The second-order valence-corrected chi connectivity index (χ2v) is 7.37. The average Bonchev–Trinajstić information content (AvgIpc) is 2.68. The van der Waals surface area contributed by atoms with Gasteiger partial charge in [-0.15, -0.1) is 0 Å². The number of hydrogen-bond donors (Lipinski definition) is 1. The third-order valence-electron chi connectivity index (χ3n) is 4.35. The minimum atomic E-state index is -0.954. The predicted molar refractivity (Wildman–Crippen MR) is 113 cm³/mol. The summed E-state index contributed by atoms with van der Waals surface area (Å²) in [5.74, 6) is 0.356. The Kier molecular flexibility index (Phi) is 7.65. The highest BCUT2D eigenvalue weighted by Crippen LogP contribution is 2.29. The Morgan fingerprint density at radius 1 is 1.00 bits per heavy atom. The molecule has 2 aromatic carbocycles. The fraction of sp³-hybridized carbons (Fsp3) is 0.391. The van der Waals surface area contributed by atoms with Crippen LogP contribution in [0.3, 0.4) is 0 Å². The van der Waals surface area contributed by atoms with Gasteiger partial charge in [-0.1, -0.05) is 32.0 Å². The lowest BCUT2D eigenvalue weighted by Gasteiger charge is -2.17. The molecule has 0 aliphatic heterocycles. The molecule has 2 rings (SSSR count). The van der Waals surface area contributed by atoms with Gasteiger partial charge in [0, 0.05) is 5.69 Å². The molecule has 0 aromatic heterocycles. The molecule has 0 saturated carbocycles. The van der Waals surface area contributed by atoms with Crippen molar-refractivity contribution in [3.63, 3.8) is 0 Å². The number of anilines is 1. The molecule has 0 fully saturated rings. The third-order valence-corrected chi connectivity index (χ3v) is 4.35. The number of carbonyl (C=O) groups is 2. The first-order valence-electron chi connectivity index (χ1n) is 9.61. The number of para-hydroxylation sites is 1. The third kappa shape index (κ3) is 5.98. The lowest BCUT2D eigenvalue weighted by Crippen LogP contribution is -2.30. The van der Waals surface area contributed by atoms with Crippen molar-refractivity contribution in [2.24, 2.45) is 5.92 Å². The van der Waals surface area contributed by atoms with Crippen LogP contribution in [0.1, 0.15) is 42.3 Å². The maximum atomic E-state index is 12.5. The Labute approximate surface area is 172 Å². The number of methoxy groups -OCH3 is 1. The van der Waals surface area contributed by atoms with Gasteiger partial charge in [0.25, 0.3) is 5.91 Å². The first-order valence-corrected chi connectivity index (χ1v) is 9.61. The average molecular weight is 399 g/mol. The molecule has 0 radical (unpaired) electrons. The highest BCUT2D eigenvalue weighted by atomic mass is 16.5. The van der Waals surface area contributed by atoms with Gasteiger partial charge in [-0.2, -0.15) is 0 Å². The van der Waals surface area contributed by atoms with E-state index in [-0.39, 0.29) is 11.5 Å². The predicted octanol–water partition coefficient (Wildman–Crippen LogP) is 4.53. The first-order chi connectivity index (χ1) is 13.7. The molecule has 1 N–H and O–H groups in total. The number of amides is 1. The quantitative estimate of drug-likeness (QED) is 0.660. The second kappa shape index (κ2) is 9.96. The number of rotatable bonds is 8. The van der Waals surface area contributed by atoms with Gasteiger partial charge in [0.2, 0.25) is 0 Å². The molecule has 0 aliphatic carbocycles. The van der Waals surface area contributed by atoms with E-state index in [4.69, 9.17) is 14.2 Å². The highest BCUT2D eigenvalue weighted by molar-refractivity contribution is 5.98. The van der Waals surface area contributed by atoms with Crippen LogP contribution < -0.4 is 14.8 Å². The van der Waals surface area contributed by atoms with Crippen LogP contribution in [0.25, 0.3) is 0 Å². The van der Waals surface area contributed by atoms with E-state index in [0.29, 0.717) is 24.0 Å². The van der Waals surface area contributed by atoms with Crippen LogP contribution in [0.15, 0.2) is 36.4 Å². The van der Waals surface area contributed by atoms with Crippen molar-refractivity contribution in [2.75, 3.05) is 19.0 Å². The van der Waals surface area contributed by atoms with E-state index < -0.39 is 12.1 Å². The van der Waals surface area contributed by atoms with Gasteiger partial charge in [0.1, 0.15) is 0 Å². The molecule has 0 heterocycles. The molecule has 156 valence electrons. The summed E-state index contributed by atoms with van der Waals surface area (Å²) < 4.78 is 16.3.